The van der Waals surface area contributed by atoms with Gasteiger partial charge in [-0.3, -0.25) is 14.8 Å². The van der Waals surface area contributed by atoms with Gasteiger partial charge < -0.3 is 15.5 Å². The highest BCUT2D eigenvalue weighted by atomic mass is 16.2. The number of fused-ring (bicyclic) bond motifs is 2. The number of hydrogen-bond acceptors (Lipinski definition) is 5. The third-order valence-corrected chi connectivity index (χ3v) is 4.49. The van der Waals surface area contributed by atoms with Crippen molar-refractivity contribution in [1.82, 2.24) is 9.97 Å². The third-order valence-electron chi connectivity index (χ3n) is 4.49. The van der Waals surface area contributed by atoms with Crippen LogP contribution in [0.1, 0.15) is 31.3 Å². The minimum Gasteiger partial charge on any atom is -0.359 e. The Morgan fingerprint density at radius 2 is 1.91 bits per heavy atom. The van der Waals surface area contributed by atoms with Gasteiger partial charge in [-0.1, -0.05) is 0 Å². The van der Waals surface area contributed by atoms with Crippen molar-refractivity contribution in [3.8, 4) is 0 Å². The van der Waals surface area contributed by atoms with Crippen LogP contribution in [0, 0.1) is 0 Å². The maximum Gasteiger partial charge on any atom is 0.236 e. The second kappa shape index (κ2) is 4.19. The van der Waals surface area contributed by atoms with E-state index in [0.717, 1.165) is 28.3 Å². The van der Waals surface area contributed by atoms with E-state index in [1.54, 1.807) is 23.5 Å². The van der Waals surface area contributed by atoms with Crippen LogP contribution in [0.5, 0.6) is 0 Å². The lowest BCUT2D eigenvalue weighted by Crippen LogP contribution is -2.33. The molecule has 2 N–H and O–H groups in total. The van der Waals surface area contributed by atoms with E-state index in [1.165, 1.54) is 0 Å². The van der Waals surface area contributed by atoms with Gasteiger partial charge in [0.2, 0.25) is 5.91 Å². The molecule has 1 aromatic carbocycles. The number of amides is 1. The van der Waals surface area contributed by atoms with Crippen molar-refractivity contribution < 1.29 is 4.79 Å². The number of rotatable bonds is 1. The number of nitrogens with zero attached hydrogens (tertiary/aromatic N) is 3. The molecule has 0 saturated carbocycles. The van der Waals surface area contributed by atoms with Crippen molar-refractivity contribution in [2.24, 2.45) is 0 Å². The molecule has 1 amide bonds. The quantitative estimate of drug-likeness (QED) is 0.844. The molecule has 0 bridgehead atoms. The van der Waals surface area contributed by atoms with Crippen LogP contribution in [-0.2, 0) is 10.2 Å². The summed E-state index contributed by atoms with van der Waals surface area (Å²) in [6, 6.07) is 4.09. The molecule has 2 aliphatic rings. The molecule has 6 nitrogen and oxygen atoms in total. The van der Waals surface area contributed by atoms with Gasteiger partial charge in [-0.25, -0.2) is 0 Å². The minimum atomic E-state index is -0.495. The van der Waals surface area contributed by atoms with Crippen molar-refractivity contribution in [2.75, 3.05) is 22.6 Å². The Balaban J connectivity index is 1.75. The average molecular weight is 295 g/mol. The summed E-state index contributed by atoms with van der Waals surface area (Å²) in [7, 11) is 1.82. The van der Waals surface area contributed by atoms with Crippen molar-refractivity contribution in [1.29, 1.82) is 0 Å². The van der Waals surface area contributed by atoms with Gasteiger partial charge >= 0.3 is 0 Å². The van der Waals surface area contributed by atoms with E-state index >= 15 is 0 Å². The predicted molar refractivity (Wildman–Crippen MR) is 84.9 cm³/mol. The Kier molecular flexibility index (Phi) is 2.49. The molecule has 22 heavy (non-hydrogen) atoms. The van der Waals surface area contributed by atoms with E-state index in [1.807, 2.05) is 27.0 Å². The van der Waals surface area contributed by atoms with Crippen LogP contribution < -0.4 is 15.5 Å². The van der Waals surface area contributed by atoms with E-state index < -0.39 is 5.41 Å². The molecule has 0 aliphatic carbocycles. The standard InChI is InChI=1S/C16H17N5O/c1-16(2)9-6-10-11(7-13(9)21(3)15(16)22)20-14(19-10)12-8-17-4-5-18-12/h4-8,14,19-20H,1-3H3. The first-order valence-corrected chi connectivity index (χ1v) is 7.24. The highest BCUT2D eigenvalue weighted by molar-refractivity contribution is 6.08. The SMILES string of the molecule is CN1C(=O)C(C)(C)c2cc3c(cc21)NC(c1cnccn1)N3. The molecule has 3 heterocycles. The molecular weight excluding hydrogens is 278 g/mol. The zero-order valence-corrected chi connectivity index (χ0v) is 12.7. The Hall–Kier alpha value is -2.63. The van der Waals surface area contributed by atoms with E-state index in [9.17, 15) is 4.79 Å². The fraction of sp³-hybridized carbons (Fsp3) is 0.312. The van der Waals surface area contributed by atoms with Gasteiger partial charge in [0.05, 0.1) is 23.0 Å². The molecule has 0 saturated heterocycles. The van der Waals surface area contributed by atoms with E-state index in [-0.39, 0.29) is 12.1 Å². The van der Waals surface area contributed by atoms with Gasteiger partial charge in [0, 0.05) is 25.1 Å². The molecule has 6 heteroatoms. The van der Waals surface area contributed by atoms with Gasteiger partial charge in [-0.2, -0.15) is 0 Å². The first kappa shape index (κ1) is 13.1. The molecule has 1 aromatic heterocycles. The number of carbonyl (C=O) groups excluding carboxylic acids is 1. The first-order chi connectivity index (χ1) is 10.5. The maximum atomic E-state index is 12.4. The highest BCUT2D eigenvalue weighted by Gasteiger charge is 2.43. The molecule has 1 unspecified atom stereocenters. The molecule has 2 aromatic rings. The van der Waals surface area contributed by atoms with Crippen molar-refractivity contribution in [2.45, 2.75) is 25.4 Å². The highest BCUT2D eigenvalue weighted by Crippen LogP contribution is 2.47. The third kappa shape index (κ3) is 1.63. The van der Waals surface area contributed by atoms with Gasteiger partial charge in [-0.15, -0.1) is 0 Å². The van der Waals surface area contributed by atoms with Crippen LogP contribution in [0.2, 0.25) is 0 Å². The summed E-state index contributed by atoms with van der Waals surface area (Å²) in [4.78, 5) is 22.5. The average Bonchev–Trinajstić information content (AvgIpc) is 3.01. The maximum absolute atomic E-state index is 12.4. The zero-order valence-electron chi connectivity index (χ0n) is 12.7. The van der Waals surface area contributed by atoms with Gasteiger partial charge in [0.1, 0.15) is 11.9 Å². The number of nitrogens with one attached hydrogen (secondary N) is 2. The Labute approximate surface area is 128 Å². The summed E-state index contributed by atoms with van der Waals surface area (Å²) < 4.78 is 0. The molecule has 0 fully saturated rings. The fourth-order valence-electron chi connectivity index (χ4n) is 3.20. The van der Waals surface area contributed by atoms with Gasteiger partial charge in [-0.05, 0) is 31.5 Å². The van der Waals surface area contributed by atoms with Gasteiger partial charge in [0.25, 0.3) is 0 Å². The first-order valence-electron chi connectivity index (χ1n) is 7.24. The lowest BCUT2D eigenvalue weighted by molar-refractivity contribution is -0.121. The van der Waals surface area contributed by atoms with E-state index in [2.05, 4.69) is 26.7 Å². The van der Waals surface area contributed by atoms with Crippen molar-refractivity contribution in [3.05, 3.63) is 42.0 Å². The number of benzene rings is 1. The number of anilines is 3. The summed E-state index contributed by atoms with van der Waals surface area (Å²) in [6.45, 7) is 3.93. The van der Waals surface area contributed by atoms with Crippen LogP contribution in [0.3, 0.4) is 0 Å². The normalized spacial score (nSPS) is 21.1. The molecule has 4 rings (SSSR count). The second-order valence-corrected chi connectivity index (χ2v) is 6.26. The summed E-state index contributed by atoms with van der Waals surface area (Å²) in [5, 5.41) is 6.80. The summed E-state index contributed by atoms with van der Waals surface area (Å²) in [6.07, 6.45) is 4.97. The van der Waals surface area contributed by atoms with Crippen LogP contribution in [0.25, 0.3) is 0 Å². The number of hydrogen-bond donors (Lipinski definition) is 2. The smallest absolute Gasteiger partial charge is 0.236 e. The monoisotopic (exact) mass is 295 g/mol. The number of likely N-dealkylation sites (N-methyl/N-ethyl adjacent to an activating group) is 1. The lowest BCUT2D eigenvalue weighted by Gasteiger charge is -2.16. The molecule has 0 radical (unpaired) electrons. The van der Waals surface area contributed by atoms with Crippen molar-refractivity contribution in [3.63, 3.8) is 0 Å². The Morgan fingerprint density at radius 3 is 2.59 bits per heavy atom. The summed E-state index contributed by atoms with van der Waals surface area (Å²) >= 11 is 0. The predicted octanol–water partition coefficient (Wildman–Crippen LogP) is 2.27. The van der Waals surface area contributed by atoms with Crippen LogP contribution in [0.4, 0.5) is 17.1 Å². The molecule has 112 valence electrons. The number of aromatic nitrogens is 2. The Morgan fingerprint density at radius 1 is 1.18 bits per heavy atom. The molecule has 1 atom stereocenters. The van der Waals surface area contributed by atoms with Crippen LogP contribution >= 0.6 is 0 Å². The van der Waals surface area contributed by atoms with Gasteiger partial charge in [0.15, 0.2) is 0 Å². The topological polar surface area (TPSA) is 70.2 Å². The summed E-state index contributed by atoms with van der Waals surface area (Å²) in [5.41, 5.74) is 4.32. The van der Waals surface area contributed by atoms with Crippen LogP contribution in [-0.4, -0.2) is 22.9 Å². The largest absolute Gasteiger partial charge is 0.359 e. The fourth-order valence-corrected chi connectivity index (χ4v) is 3.20. The van der Waals surface area contributed by atoms with Crippen molar-refractivity contribution >= 4 is 23.0 Å². The minimum absolute atomic E-state index is 0.102. The van der Waals surface area contributed by atoms with E-state index in [4.69, 9.17) is 0 Å². The number of carbonyl (C=O) groups is 1. The Bertz CT molecular complexity index is 772. The van der Waals surface area contributed by atoms with Crippen LogP contribution in [0.15, 0.2) is 30.7 Å². The lowest BCUT2D eigenvalue weighted by atomic mass is 9.86. The van der Waals surface area contributed by atoms with E-state index in [0.29, 0.717) is 0 Å². The summed E-state index contributed by atoms with van der Waals surface area (Å²) in [5.74, 6) is 0.122. The molecular formula is C16H17N5O. The molecule has 0 spiro atoms. The second-order valence-electron chi connectivity index (χ2n) is 6.26. The zero-order chi connectivity index (χ0) is 15.5. The molecule has 2 aliphatic heterocycles.